The summed E-state index contributed by atoms with van der Waals surface area (Å²) in [5.74, 6) is -0.377. The van der Waals surface area contributed by atoms with E-state index in [-0.39, 0.29) is 11.7 Å². The number of carbonyl (C=O) groups is 1. The number of carbonyl (C=O) groups excluding carboxylic acids is 1. The smallest absolute Gasteiger partial charge is 0.230 e. The van der Waals surface area contributed by atoms with Gasteiger partial charge in [-0.05, 0) is 18.2 Å². The number of halogens is 1. The molecule has 5 heteroatoms. The first-order chi connectivity index (χ1) is 12.2. The van der Waals surface area contributed by atoms with Gasteiger partial charge in [0.25, 0.3) is 0 Å². The molecule has 0 atom stereocenters. The number of benzene rings is 2. The van der Waals surface area contributed by atoms with Gasteiger partial charge in [0.15, 0.2) is 0 Å². The van der Waals surface area contributed by atoms with E-state index < -0.39 is 0 Å². The molecule has 1 fully saturated rings. The maximum Gasteiger partial charge on any atom is 0.230 e. The number of anilines is 1. The van der Waals surface area contributed by atoms with Crippen LogP contribution in [0.25, 0.3) is 0 Å². The Morgan fingerprint density at radius 2 is 1.68 bits per heavy atom. The zero-order valence-corrected chi connectivity index (χ0v) is 14.4. The molecular weight excluding hydrogens is 317 g/mol. The molecule has 0 spiro atoms. The van der Waals surface area contributed by atoms with E-state index >= 15 is 0 Å². The van der Waals surface area contributed by atoms with Crippen LogP contribution in [0.3, 0.4) is 0 Å². The molecule has 25 heavy (non-hydrogen) atoms. The molecule has 0 radical (unpaired) electrons. The largest absolute Gasteiger partial charge is 0.326 e. The number of hydrogen-bond acceptors (Lipinski definition) is 1. The zero-order valence-electron chi connectivity index (χ0n) is 14.4. The predicted octanol–water partition coefficient (Wildman–Crippen LogP) is 0.138. The van der Waals surface area contributed by atoms with Gasteiger partial charge in [-0.2, -0.15) is 0 Å². The lowest BCUT2D eigenvalue weighted by Gasteiger charge is -2.29. The first kappa shape index (κ1) is 17.6. The number of amides is 1. The van der Waals surface area contributed by atoms with Crippen LogP contribution in [0.2, 0.25) is 0 Å². The van der Waals surface area contributed by atoms with E-state index in [2.05, 4.69) is 35.6 Å². The Kier molecular flexibility index (Phi) is 6.14. The van der Waals surface area contributed by atoms with Crippen molar-refractivity contribution in [1.82, 2.24) is 0 Å². The van der Waals surface area contributed by atoms with Crippen molar-refractivity contribution in [2.24, 2.45) is 0 Å². The molecule has 2 aromatic carbocycles. The minimum atomic E-state index is -0.332. The van der Waals surface area contributed by atoms with Crippen LogP contribution in [0.4, 0.5) is 10.1 Å². The Bertz CT molecular complexity index is 684. The number of piperazine rings is 1. The van der Waals surface area contributed by atoms with Crippen molar-refractivity contribution in [2.45, 2.75) is 13.0 Å². The minimum absolute atomic E-state index is 0.0443. The standard InChI is InChI=1S/C20H24FN3O/c21-18-7-4-8-19(15-18)22-20(25)9-10-23-11-13-24(14-12-23)16-17-5-2-1-3-6-17/h1-8,15H,9-14,16H2,(H,22,25)/p+2. The van der Waals surface area contributed by atoms with Crippen LogP contribution in [0.15, 0.2) is 54.6 Å². The monoisotopic (exact) mass is 343 g/mol. The van der Waals surface area contributed by atoms with E-state index in [0.29, 0.717) is 12.1 Å². The van der Waals surface area contributed by atoms with Crippen LogP contribution < -0.4 is 15.1 Å². The molecule has 3 rings (SSSR count). The lowest BCUT2D eigenvalue weighted by Crippen LogP contribution is -3.27. The minimum Gasteiger partial charge on any atom is -0.326 e. The highest BCUT2D eigenvalue weighted by Crippen LogP contribution is 2.08. The van der Waals surface area contributed by atoms with Gasteiger partial charge < -0.3 is 15.1 Å². The van der Waals surface area contributed by atoms with Crippen LogP contribution in [-0.2, 0) is 11.3 Å². The van der Waals surface area contributed by atoms with Crippen molar-refractivity contribution < 1.29 is 19.0 Å². The molecule has 132 valence electrons. The first-order valence-corrected chi connectivity index (χ1v) is 8.95. The lowest BCUT2D eigenvalue weighted by molar-refractivity contribution is -1.02. The second-order valence-electron chi connectivity index (χ2n) is 6.72. The summed E-state index contributed by atoms with van der Waals surface area (Å²) in [6.45, 7) is 6.37. The summed E-state index contributed by atoms with van der Waals surface area (Å²) in [7, 11) is 0. The van der Waals surface area contributed by atoms with E-state index in [4.69, 9.17) is 0 Å². The molecule has 1 amide bonds. The van der Waals surface area contributed by atoms with Crippen molar-refractivity contribution in [3.05, 3.63) is 66.0 Å². The average Bonchev–Trinajstić information content (AvgIpc) is 2.62. The molecular formula is C20H26FN3O+2. The van der Waals surface area contributed by atoms with Crippen molar-refractivity contribution >= 4 is 11.6 Å². The third-order valence-electron chi connectivity index (χ3n) is 4.78. The summed E-state index contributed by atoms with van der Waals surface area (Å²) < 4.78 is 13.1. The SMILES string of the molecule is O=C(CC[NH+]1CC[NH+](Cc2ccccc2)CC1)Nc1cccc(F)c1. The van der Waals surface area contributed by atoms with E-state index in [0.717, 1.165) is 39.3 Å². The van der Waals surface area contributed by atoms with Crippen molar-refractivity contribution in [1.29, 1.82) is 0 Å². The lowest BCUT2D eigenvalue weighted by atomic mass is 10.2. The number of rotatable bonds is 6. The highest BCUT2D eigenvalue weighted by atomic mass is 19.1. The molecule has 0 aromatic heterocycles. The van der Waals surface area contributed by atoms with Gasteiger partial charge in [0.05, 0.1) is 13.0 Å². The van der Waals surface area contributed by atoms with Gasteiger partial charge in [-0.3, -0.25) is 4.79 Å². The van der Waals surface area contributed by atoms with Crippen LogP contribution in [0.5, 0.6) is 0 Å². The molecule has 1 aliphatic heterocycles. The molecule has 0 aliphatic carbocycles. The van der Waals surface area contributed by atoms with Gasteiger partial charge in [0, 0.05) is 11.3 Å². The third kappa shape index (κ3) is 5.66. The Balaban J connectivity index is 1.37. The molecule has 4 nitrogen and oxygen atoms in total. The van der Waals surface area contributed by atoms with Gasteiger partial charge >= 0.3 is 0 Å². The summed E-state index contributed by atoms with van der Waals surface area (Å²) in [5.41, 5.74) is 1.91. The molecule has 0 bridgehead atoms. The van der Waals surface area contributed by atoms with Gasteiger partial charge in [-0.15, -0.1) is 0 Å². The van der Waals surface area contributed by atoms with Crippen LogP contribution >= 0.6 is 0 Å². The quantitative estimate of drug-likeness (QED) is 0.686. The van der Waals surface area contributed by atoms with E-state index in [1.807, 2.05) is 0 Å². The maximum atomic E-state index is 13.1. The van der Waals surface area contributed by atoms with E-state index in [1.54, 1.807) is 17.0 Å². The highest BCUT2D eigenvalue weighted by Gasteiger charge is 2.23. The number of quaternary nitrogens is 2. The zero-order chi connectivity index (χ0) is 17.5. The summed E-state index contributed by atoms with van der Waals surface area (Å²) in [4.78, 5) is 15.1. The average molecular weight is 343 g/mol. The first-order valence-electron chi connectivity index (χ1n) is 8.95. The van der Waals surface area contributed by atoms with Crippen molar-refractivity contribution in [2.75, 3.05) is 38.0 Å². The molecule has 0 saturated carbocycles. The molecule has 2 aromatic rings. The number of hydrogen-bond donors (Lipinski definition) is 3. The van der Waals surface area contributed by atoms with E-state index in [9.17, 15) is 9.18 Å². The van der Waals surface area contributed by atoms with Crippen molar-refractivity contribution in [3.8, 4) is 0 Å². The van der Waals surface area contributed by atoms with E-state index in [1.165, 1.54) is 22.6 Å². The Morgan fingerprint density at radius 3 is 2.40 bits per heavy atom. The highest BCUT2D eigenvalue weighted by molar-refractivity contribution is 5.90. The van der Waals surface area contributed by atoms with Gasteiger partial charge in [0.1, 0.15) is 38.5 Å². The molecule has 3 N–H and O–H groups in total. The topological polar surface area (TPSA) is 38.0 Å². The summed E-state index contributed by atoms with van der Waals surface area (Å²) >= 11 is 0. The van der Waals surface area contributed by atoms with Crippen LogP contribution in [0, 0.1) is 5.82 Å². The fourth-order valence-electron chi connectivity index (χ4n) is 3.35. The molecule has 1 saturated heterocycles. The van der Waals surface area contributed by atoms with Crippen LogP contribution in [-0.4, -0.2) is 38.6 Å². The Hall–Kier alpha value is -2.24. The summed E-state index contributed by atoms with van der Waals surface area (Å²) in [6.07, 6.45) is 0.472. The second-order valence-corrected chi connectivity index (χ2v) is 6.72. The normalized spacial score (nSPS) is 20.2. The Labute approximate surface area is 148 Å². The van der Waals surface area contributed by atoms with Gasteiger partial charge in [-0.1, -0.05) is 36.4 Å². The fraction of sp³-hybridized carbons (Fsp3) is 0.350. The van der Waals surface area contributed by atoms with Crippen LogP contribution in [0.1, 0.15) is 12.0 Å². The molecule has 0 unspecified atom stereocenters. The van der Waals surface area contributed by atoms with Crippen molar-refractivity contribution in [3.63, 3.8) is 0 Å². The number of nitrogens with one attached hydrogen (secondary N) is 3. The second kappa shape index (κ2) is 8.74. The molecule has 1 heterocycles. The third-order valence-corrected chi connectivity index (χ3v) is 4.78. The predicted molar refractivity (Wildman–Crippen MR) is 96.1 cm³/mol. The van der Waals surface area contributed by atoms with Gasteiger partial charge in [0.2, 0.25) is 5.91 Å². The summed E-state index contributed by atoms with van der Waals surface area (Å²) in [5, 5.41) is 2.77. The fourth-order valence-corrected chi connectivity index (χ4v) is 3.35. The summed E-state index contributed by atoms with van der Waals surface area (Å²) in [6, 6.07) is 16.6. The molecule has 1 aliphatic rings. The maximum absolute atomic E-state index is 13.1. The Morgan fingerprint density at radius 1 is 0.960 bits per heavy atom. The van der Waals surface area contributed by atoms with Gasteiger partial charge in [-0.25, -0.2) is 4.39 Å².